The Bertz CT molecular complexity index is 779. The van der Waals surface area contributed by atoms with Crippen molar-refractivity contribution in [3.05, 3.63) is 59.7 Å². The molecule has 1 aliphatic heterocycles. The van der Waals surface area contributed by atoms with E-state index in [0.29, 0.717) is 37.2 Å². The van der Waals surface area contributed by atoms with E-state index < -0.39 is 5.92 Å². The molecule has 1 aromatic carbocycles. The lowest BCUT2D eigenvalue weighted by molar-refractivity contribution is -0.132. The first-order valence-corrected chi connectivity index (χ1v) is 8.32. The van der Waals surface area contributed by atoms with Crippen molar-refractivity contribution in [1.29, 1.82) is 0 Å². The summed E-state index contributed by atoms with van der Waals surface area (Å²) in [7, 11) is 0. The number of amides is 2. The molecule has 130 valence electrons. The molecule has 1 aliphatic rings. The number of hydrogen-bond donors (Lipinski definition) is 1. The van der Waals surface area contributed by atoms with Crippen molar-refractivity contribution in [2.45, 2.75) is 19.8 Å². The fourth-order valence-corrected chi connectivity index (χ4v) is 3.03. The molecule has 2 amide bonds. The fourth-order valence-electron chi connectivity index (χ4n) is 3.03. The standard InChI is InChI=1S/C19H20FN3O2/c1-13-16(20)6-4-7-17(13)23-12-9-15(19(23)25)18(24)22-11-8-14-5-2-3-10-21-14/h2-7,10,15H,8-9,11-12H2,1H3,(H,22,24). The number of benzene rings is 1. The zero-order valence-corrected chi connectivity index (χ0v) is 14.0. The first-order chi connectivity index (χ1) is 12.1. The summed E-state index contributed by atoms with van der Waals surface area (Å²) < 4.78 is 13.7. The summed E-state index contributed by atoms with van der Waals surface area (Å²) in [6.07, 6.45) is 2.75. The van der Waals surface area contributed by atoms with Gasteiger partial charge in [0.05, 0.1) is 0 Å². The monoisotopic (exact) mass is 341 g/mol. The predicted molar refractivity (Wildman–Crippen MR) is 92.5 cm³/mol. The molecular formula is C19H20FN3O2. The van der Waals surface area contributed by atoms with Gasteiger partial charge in [-0.25, -0.2) is 4.39 Å². The minimum absolute atomic E-state index is 0.274. The van der Waals surface area contributed by atoms with Gasteiger partial charge >= 0.3 is 0 Å². The third-order valence-electron chi connectivity index (χ3n) is 4.46. The van der Waals surface area contributed by atoms with Crippen molar-refractivity contribution in [2.24, 2.45) is 5.92 Å². The molecule has 25 heavy (non-hydrogen) atoms. The summed E-state index contributed by atoms with van der Waals surface area (Å²) in [6, 6.07) is 10.3. The first-order valence-electron chi connectivity index (χ1n) is 8.32. The second-order valence-corrected chi connectivity index (χ2v) is 6.08. The number of aromatic nitrogens is 1. The van der Waals surface area contributed by atoms with Crippen molar-refractivity contribution in [3.8, 4) is 0 Å². The van der Waals surface area contributed by atoms with Crippen molar-refractivity contribution >= 4 is 17.5 Å². The van der Waals surface area contributed by atoms with Crippen LogP contribution >= 0.6 is 0 Å². The maximum atomic E-state index is 13.7. The lowest BCUT2D eigenvalue weighted by atomic mass is 10.1. The molecule has 0 saturated carbocycles. The van der Waals surface area contributed by atoms with Crippen LogP contribution in [0.4, 0.5) is 10.1 Å². The highest BCUT2D eigenvalue weighted by atomic mass is 19.1. The molecule has 1 atom stereocenters. The number of nitrogens with one attached hydrogen (secondary N) is 1. The van der Waals surface area contributed by atoms with E-state index in [2.05, 4.69) is 10.3 Å². The highest BCUT2D eigenvalue weighted by molar-refractivity contribution is 6.09. The molecular weight excluding hydrogens is 321 g/mol. The number of rotatable bonds is 5. The summed E-state index contributed by atoms with van der Waals surface area (Å²) in [6.45, 7) is 2.48. The Morgan fingerprint density at radius 1 is 1.32 bits per heavy atom. The van der Waals surface area contributed by atoms with Gasteiger partial charge in [-0.15, -0.1) is 0 Å². The molecule has 2 heterocycles. The van der Waals surface area contributed by atoms with Gasteiger partial charge in [0.25, 0.3) is 0 Å². The number of hydrogen-bond acceptors (Lipinski definition) is 3. The molecule has 6 heteroatoms. The zero-order chi connectivity index (χ0) is 17.8. The van der Waals surface area contributed by atoms with Crippen LogP contribution in [0.15, 0.2) is 42.6 Å². The van der Waals surface area contributed by atoms with Gasteiger partial charge in [0.2, 0.25) is 11.8 Å². The van der Waals surface area contributed by atoms with E-state index in [1.165, 1.54) is 11.0 Å². The van der Waals surface area contributed by atoms with Gasteiger partial charge in [-0.3, -0.25) is 14.6 Å². The summed E-state index contributed by atoms with van der Waals surface area (Å²) in [5, 5.41) is 2.80. The number of carbonyl (C=O) groups is 2. The van der Waals surface area contributed by atoms with E-state index in [1.807, 2.05) is 18.2 Å². The molecule has 3 rings (SSSR count). The van der Waals surface area contributed by atoms with Crippen molar-refractivity contribution in [3.63, 3.8) is 0 Å². The summed E-state index contributed by atoms with van der Waals surface area (Å²) in [5.41, 5.74) is 1.85. The van der Waals surface area contributed by atoms with Crippen LogP contribution in [0.3, 0.4) is 0 Å². The summed E-state index contributed by atoms with van der Waals surface area (Å²) >= 11 is 0. The van der Waals surface area contributed by atoms with E-state index in [4.69, 9.17) is 0 Å². The van der Waals surface area contributed by atoms with Gasteiger partial charge in [-0.05, 0) is 37.6 Å². The Labute approximate surface area is 145 Å². The Balaban J connectivity index is 1.59. The van der Waals surface area contributed by atoms with Crippen molar-refractivity contribution < 1.29 is 14.0 Å². The first kappa shape index (κ1) is 17.1. The maximum absolute atomic E-state index is 13.7. The third kappa shape index (κ3) is 3.68. The molecule has 5 nitrogen and oxygen atoms in total. The highest BCUT2D eigenvalue weighted by Crippen LogP contribution is 2.29. The van der Waals surface area contributed by atoms with Gasteiger partial charge < -0.3 is 10.2 Å². The summed E-state index contributed by atoms with van der Waals surface area (Å²) in [5.74, 6) is -1.62. The topological polar surface area (TPSA) is 62.3 Å². The van der Waals surface area contributed by atoms with Crippen LogP contribution in [0, 0.1) is 18.7 Å². The second-order valence-electron chi connectivity index (χ2n) is 6.08. The molecule has 0 aliphatic carbocycles. The Hall–Kier alpha value is -2.76. The van der Waals surface area contributed by atoms with Crippen LogP contribution in [0.1, 0.15) is 17.7 Å². The van der Waals surface area contributed by atoms with E-state index in [9.17, 15) is 14.0 Å². The van der Waals surface area contributed by atoms with E-state index in [-0.39, 0.29) is 17.6 Å². The van der Waals surface area contributed by atoms with Crippen LogP contribution in [-0.2, 0) is 16.0 Å². The van der Waals surface area contributed by atoms with Crippen LogP contribution in [0.25, 0.3) is 0 Å². The molecule has 1 saturated heterocycles. The molecule has 2 aromatic rings. The van der Waals surface area contributed by atoms with Gasteiger partial charge in [0, 0.05) is 42.7 Å². The van der Waals surface area contributed by atoms with E-state index in [1.54, 1.807) is 25.3 Å². The van der Waals surface area contributed by atoms with Crippen molar-refractivity contribution in [2.75, 3.05) is 18.0 Å². The number of carbonyl (C=O) groups excluding carboxylic acids is 2. The van der Waals surface area contributed by atoms with Crippen LogP contribution in [-0.4, -0.2) is 29.9 Å². The Morgan fingerprint density at radius 3 is 2.92 bits per heavy atom. The highest BCUT2D eigenvalue weighted by Gasteiger charge is 2.38. The molecule has 0 radical (unpaired) electrons. The molecule has 0 spiro atoms. The molecule has 1 fully saturated rings. The average molecular weight is 341 g/mol. The average Bonchev–Trinajstić information content (AvgIpc) is 3.00. The zero-order valence-electron chi connectivity index (χ0n) is 14.0. The quantitative estimate of drug-likeness (QED) is 0.849. The molecule has 1 aromatic heterocycles. The second kappa shape index (κ2) is 7.42. The normalized spacial score (nSPS) is 17.0. The Kier molecular flexibility index (Phi) is 5.07. The number of nitrogens with zero attached hydrogens (tertiary/aromatic N) is 2. The van der Waals surface area contributed by atoms with Crippen LogP contribution in [0.2, 0.25) is 0 Å². The van der Waals surface area contributed by atoms with Crippen molar-refractivity contribution in [1.82, 2.24) is 10.3 Å². The minimum Gasteiger partial charge on any atom is -0.355 e. The van der Waals surface area contributed by atoms with Gasteiger partial charge in [0.1, 0.15) is 11.7 Å². The van der Waals surface area contributed by atoms with Gasteiger partial charge in [-0.2, -0.15) is 0 Å². The van der Waals surface area contributed by atoms with Crippen LogP contribution < -0.4 is 10.2 Å². The maximum Gasteiger partial charge on any atom is 0.239 e. The number of anilines is 1. The smallest absolute Gasteiger partial charge is 0.239 e. The van der Waals surface area contributed by atoms with Gasteiger partial charge in [0.15, 0.2) is 0 Å². The molecule has 1 N–H and O–H groups in total. The molecule has 0 bridgehead atoms. The summed E-state index contributed by atoms with van der Waals surface area (Å²) in [4.78, 5) is 30.6. The van der Waals surface area contributed by atoms with E-state index >= 15 is 0 Å². The lowest BCUT2D eigenvalue weighted by Gasteiger charge is -2.19. The number of halogens is 1. The predicted octanol–water partition coefficient (Wildman–Crippen LogP) is 2.24. The van der Waals surface area contributed by atoms with Gasteiger partial charge in [-0.1, -0.05) is 12.1 Å². The van der Waals surface area contributed by atoms with Crippen LogP contribution in [0.5, 0.6) is 0 Å². The Morgan fingerprint density at radius 2 is 2.16 bits per heavy atom. The third-order valence-corrected chi connectivity index (χ3v) is 4.46. The largest absolute Gasteiger partial charge is 0.355 e. The lowest BCUT2D eigenvalue weighted by Crippen LogP contribution is -2.37. The SMILES string of the molecule is Cc1c(F)cccc1N1CCC(C(=O)NCCc2ccccn2)C1=O. The molecule has 1 unspecified atom stereocenters. The fraction of sp³-hybridized carbons (Fsp3) is 0.316. The van der Waals surface area contributed by atoms with E-state index in [0.717, 1.165) is 5.69 Å². The number of pyridine rings is 1. The minimum atomic E-state index is -0.716.